The summed E-state index contributed by atoms with van der Waals surface area (Å²) >= 11 is 0. The summed E-state index contributed by atoms with van der Waals surface area (Å²) in [7, 11) is -0.670. The molecule has 0 saturated carbocycles. The first-order valence-corrected chi connectivity index (χ1v) is 7.40. The lowest BCUT2D eigenvalue weighted by atomic mass is 10.2. The van der Waals surface area contributed by atoms with E-state index in [9.17, 15) is 4.21 Å². The quantitative estimate of drug-likeness (QED) is 0.693. The van der Waals surface area contributed by atoms with Crippen molar-refractivity contribution in [3.05, 3.63) is 18.7 Å². The minimum absolute atomic E-state index is 0.451. The Morgan fingerprint density at radius 3 is 3.00 bits per heavy atom. The van der Waals surface area contributed by atoms with Crippen LogP contribution in [0.2, 0.25) is 0 Å². The minimum atomic E-state index is -0.670. The summed E-state index contributed by atoms with van der Waals surface area (Å²) in [5, 5.41) is 3.43. The maximum atomic E-state index is 10.9. The van der Waals surface area contributed by atoms with Crippen LogP contribution < -0.4 is 5.32 Å². The van der Waals surface area contributed by atoms with E-state index in [-0.39, 0.29) is 0 Å². The van der Waals surface area contributed by atoms with Crippen LogP contribution in [0.3, 0.4) is 0 Å². The Bertz CT molecular complexity index is 300. The van der Waals surface area contributed by atoms with Gasteiger partial charge in [-0.05, 0) is 26.3 Å². The summed E-state index contributed by atoms with van der Waals surface area (Å²) in [5.41, 5.74) is 0. The molecule has 0 spiro atoms. The highest BCUT2D eigenvalue weighted by atomic mass is 32.2. The smallest absolute Gasteiger partial charge is 0.0945 e. The number of aromatic nitrogens is 2. The second kappa shape index (κ2) is 7.57. The highest BCUT2D eigenvalue weighted by Crippen LogP contribution is 1.94. The van der Waals surface area contributed by atoms with Gasteiger partial charge in [-0.25, -0.2) is 4.98 Å². The molecule has 0 aliphatic rings. The van der Waals surface area contributed by atoms with Gasteiger partial charge < -0.3 is 9.88 Å². The van der Waals surface area contributed by atoms with E-state index in [2.05, 4.69) is 21.8 Å². The molecule has 4 nitrogen and oxygen atoms in total. The van der Waals surface area contributed by atoms with Crippen LogP contribution in [0.15, 0.2) is 18.7 Å². The standard InChI is InChI=1S/C11H21N3OS/c1-11(4-9-16(2)15)13-5-3-7-14-8-6-12-10-14/h6,8,10-11,13H,3-5,7,9H2,1-2H3. The van der Waals surface area contributed by atoms with Crippen LogP contribution in [0.5, 0.6) is 0 Å². The molecule has 2 atom stereocenters. The fraction of sp³-hybridized carbons (Fsp3) is 0.727. The van der Waals surface area contributed by atoms with Crippen LogP contribution in [0.25, 0.3) is 0 Å². The highest BCUT2D eigenvalue weighted by molar-refractivity contribution is 7.84. The molecule has 1 aromatic rings. The van der Waals surface area contributed by atoms with Crippen LogP contribution in [0.1, 0.15) is 19.8 Å². The van der Waals surface area contributed by atoms with Gasteiger partial charge >= 0.3 is 0 Å². The van der Waals surface area contributed by atoms with Gasteiger partial charge in [0.25, 0.3) is 0 Å². The molecule has 1 aromatic heterocycles. The van der Waals surface area contributed by atoms with Crippen LogP contribution in [-0.4, -0.2) is 38.4 Å². The molecule has 0 amide bonds. The van der Waals surface area contributed by atoms with Crippen molar-refractivity contribution in [2.24, 2.45) is 0 Å². The van der Waals surface area contributed by atoms with Gasteiger partial charge in [0.1, 0.15) is 0 Å². The molecule has 1 rings (SSSR count). The van der Waals surface area contributed by atoms with Crippen molar-refractivity contribution in [1.82, 2.24) is 14.9 Å². The predicted molar refractivity (Wildman–Crippen MR) is 67.9 cm³/mol. The van der Waals surface area contributed by atoms with E-state index in [0.29, 0.717) is 6.04 Å². The van der Waals surface area contributed by atoms with Crippen molar-refractivity contribution in [1.29, 1.82) is 0 Å². The molecule has 16 heavy (non-hydrogen) atoms. The topological polar surface area (TPSA) is 46.9 Å². The van der Waals surface area contributed by atoms with E-state index < -0.39 is 10.8 Å². The summed E-state index contributed by atoms with van der Waals surface area (Å²) in [5.74, 6) is 0.787. The van der Waals surface area contributed by atoms with Crippen molar-refractivity contribution in [3.63, 3.8) is 0 Å². The molecule has 0 radical (unpaired) electrons. The summed E-state index contributed by atoms with van der Waals surface area (Å²) in [6, 6.07) is 0.451. The van der Waals surface area contributed by atoms with Gasteiger partial charge in [0, 0.05) is 47.8 Å². The zero-order valence-electron chi connectivity index (χ0n) is 10.1. The van der Waals surface area contributed by atoms with Crippen LogP contribution in [0.4, 0.5) is 0 Å². The molecule has 0 aromatic carbocycles. The van der Waals surface area contributed by atoms with Gasteiger partial charge in [0.15, 0.2) is 0 Å². The summed E-state index contributed by atoms with van der Waals surface area (Å²) in [4.78, 5) is 3.99. The molecular weight excluding hydrogens is 222 g/mol. The van der Waals surface area contributed by atoms with Crippen molar-refractivity contribution >= 4 is 10.8 Å². The number of aryl methyl sites for hydroxylation is 1. The van der Waals surface area contributed by atoms with Crippen molar-refractivity contribution in [3.8, 4) is 0 Å². The second-order valence-electron chi connectivity index (χ2n) is 4.08. The number of hydrogen-bond donors (Lipinski definition) is 1. The molecule has 2 unspecified atom stereocenters. The number of rotatable bonds is 8. The van der Waals surface area contributed by atoms with Crippen LogP contribution in [-0.2, 0) is 17.3 Å². The molecule has 0 saturated heterocycles. The minimum Gasteiger partial charge on any atom is -0.337 e. The van der Waals surface area contributed by atoms with Crippen LogP contribution >= 0.6 is 0 Å². The predicted octanol–water partition coefficient (Wildman–Crippen LogP) is 1.02. The SMILES string of the molecule is CC(CCS(C)=O)NCCCn1ccnc1. The molecule has 0 aliphatic carbocycles. The van der Waals surface area contributed by atoms with Gasteiger partial charge in [-0.2, -0.15) is 0 Å². The molecule has 5 heteroatoms. The Hall–Kier alpha value is -0.680. The first-order chi connectivity index (χ1) is 7.68. The Morgan fingerprint density at radius 1 is 1.56 bits per heavy atom. The van der Waals surface area contributed by atoms with Gasteiger partial charge in [0.05, 0.1) is 6.33 Å². The monoisotopic (exact) mass is 243 g/mol. The van der Waals surface area contributed by atoms with E-state index in [1.807, 2.05) is 12.5 Å². The zero-order chi connectivity index (χ0) is 11.8. The molecule has 0 bridgehead atoms. The van der Waals surface area contributed by atoms with E-state index >= 15 is 0 Å². The molecule has 1 heterocycles. The van der Waals surface area contributed by atoms with Gasteiger partial charge in [-0.15, -0.1) is 0 Å². The van der Waals surface area contributed by atoms with Crippen molar-refractivity contribution < 1.29 is 4.21 Å². The lowest BCUT2D eigenvalue weighted by molar-refractivity contribution is 0.503. The fourth-order valence-electron chi connectivity index (χ4n) is 1.47. The van der Waals surface area contributed by atoms with Gasteiger partial charge in [-0.3, -0.25) is 4.21 Å². The molecule has 92 valence electrons. The summed E-state index contributed by atoms with van der Waals surface area (Å²) in [6.45, 7) is 4.14. The van der Waals surface area contributed by atoms with Gasteiger partial charge in [-0.1, -0.05) is 0 Å². The van der Waals surface area contributed by atoms with Crippen molar-refractivity contribution in [2.45, 2.75) is 32.4 Å². The first kappa shape index (κ1) is 13.4. The maximum Gasteiger partial charge on any atom is 0.0945 e. The number of nitrogens with zero attached hydrogens (tertiary/aromatic N) is 2. The molecule has 0 fully saturated rings. The van der Waals surface area contributed by atoms with Crippen LogP contribution in [0, 0.1) is 0 Å². The van der Waals surface area contributed by atoms with E-state index in [0.717, 1.165) is 31.7 Å². The lowest BCUT2D eigenvalue weighted by Gasteiger charge is -2.12. The Labute approximate surface area is 99.9 Å². The maximum absolute atomic E-state index is 10.9. The average molecular weight is 243 g/mol. The van der Waals surface area contributed by atoms with E-state index in [1.165, 1.54) is 0 Å². The lowest BCUT2D eigenvalue weighted by Crippen LogP contribution is -2.28. The third-order valence-corrected chi connectivity index (χ3v) is 3.29. The highest BCUT2D eigenvalue weighted by Gasteiger charge is 2.01. The number of imidazole rings is 1. The number of hydrogen-bond acceptors (Lipinski definition) is 3. The fourth-order valence-corrected chi connectivity index (χ4v) is 2.16. The third kappa shape index (κ3) is 6.02. The average Bonchev–Trinajstić information content (AvgIpc) is 2.74. The normalized spacial score (nSPS) is 14.9. The summed E-state index contributed by atoms with van der Waals surface area (Å²) in [6.07, 6.45) is 9.44. The Morgan fingerprint density at radius 2 is 2.38 bits per heavy atom. The summed E-state index contributed by atoms with van der Waals surface area (Å²) < 4.78 is 13.0. The third-order valence-electron chi connectivity index (χ3n) is 2.48. The largest absolute Gasteiger partial charge is 0.337 e. The first-order valence-electron chi connectivity index (χ1n) is 5.67. The number of nitrogens with one attached hydrogen (secondary N) is 1. The molecule has 0 aliphatic heterocycles. The van der Waals surface area contributed by atoms with Crippen molar-refractivity contribution in [2.75, 3.05) is 18.6 Å². The second-order valence-corrected chi connectivity index (χ2v) is 5.63. The van der Waals surface area contributed by atoms with E-state index in [1.54, 1.807) is 12.5 Å². The molecule has 1 N–H and O–H groups in total. The van der Waals surface area contributed by atoms with Gasteiger partial charge in [0.2, 0.25) is 0 Å². The zero-order valence-corrected chi connectivity index (χ0v) is 10.9. The Balaban J connectivity index is 2.00. The Kier molecular flexibility index (Phi) is 6.33. The van der Waals surface area contributed by atoms with E-state index in [4.69, 9.17) is 0 Å². The molecular formula is C11H21N3OS.